The summed E-state index contributed by atoms with van der Waals surface area (Å²) in [6.45, 7) is 11.6. The molecule has 2 saturated heterocycles. The van der Waals surface area contributed by atoms with Crippen molar-refractivity contribution < 1.29 is 4.79 Å². The fourth-order valence-electron chi connectivity index (χ4n) is 4.40. The number of carbonyl (C=O) groups excluding carboxylic acids is 1. The van der Waals surface area contributed by atoms with Gasteiger partial charge >= 0.3 is 6.03 Å². The summed E-state index contributed by atoms with van der Waals surface area (Å²) >= 11 is 0. The van der Waals surface area contributed by atoms with Crippen molar-refractivity contribution in [2.45, 2.75) is 52.6 Å². The highest BCUT2D eigenvalue weighted by Gasteiger charge is 2.28. The summed E-state index contributed by atoms with van der Waals surface area (Å²) in [4.78, 5) is 17.1. The number of rotatable bonds is 3. The van der Waals surface area contributed by atoms with Crippen molar-refractivity contribution in [3.63, 3.8) is 0 Å². The molecule has 0 unspecified atom stereocenters. The second kappa shape index (κ2) is 8.22. The van der Waals surface area contributed by atoms with Crippen molar-refractivity contribution in [2.24, 2.45) is 11.8 Å². The van der Waals surface area contributed by atoms with Crippen LogP contribution in [0.1, 0.15) is 44.2 Å². The number of hydrogen-bond donors (Lipinski definition) is 1. The third kappa shape index (κ3) is 5.21. The Balaban J connectivity index is 1.43. The van der Waals surface area contributed by atoms with Crippen LogP contribution in [0.4, 0.5) is 4.79 Å². The van der Waals surface area contributed by atoms with Crippen LogP contribution in [0.2, 0.25) is 0 Å². The molecule has 1 aromatic carbocycles. The van der Waals surface area contributed by atoms with E-state index < -0.39 is 0 Å². The van der Waals surface area contributed by atoms with Gasteiger partial charge in [0.15, 0.2) is 0 Å². The SMILES string of the molecule is Cc1cccc(CN2CCC(NC(=O)N3C[C@H](C)C[C@@H](C)C3)CC2)c1. The first kappa shape index (κ1) is 18.2. The highest BCUT2D eigenvalue weighted by atomic mass is 16.2. The highest BCUT2D eigenvalue weighted by Crippen LogP contribution is 2.21. The third-order valence-corrected chi connectivity index (χ3v) is 5.56. The molecule has 0 aliphatic carbocycles. The minimum absolute atomic E-state index is 0.149. The van der Waals surface area contributed by atoms with Crippen LogP contribution in [0, 0.1) is 18.8 Å². The summed E-state index contributed by atoms with van der Waals surface area (Å²) in [5.41, 5.74) is 2.71. The second-order valence-electron chi connectivity index (χ2n) is 8.34. The molecule has 4 heteroatoms. The molecule has 2 amide bonds. The molecule has 2 fully saturated rings. The van der Waals surface area contributed by atoms with E-state index in [4.69, 9.17) is 0 Å². The molecule has 0 spiro atoms. The summed E-state index contributed by atoms with van der Waals surface area (Å²) in [5, 5.41) is 3.28. The van der Waals surface area contributed by atoms with Gasteiger partial charge < -0.3 is 10.2 Å². The molecule has 0 bridgehead atoms. The Morgan fingerprint density at radius 3 is 2.48 bits per heavy atom. The van der Waals surface area contributed by atoms with Crippen LogP contribution in [0.3, 0.4) is 0 Å². The van der Waals surface area contributed by atoms with E-state index in [0.29, 0.717) is 17.9 Å². The number of likely N-dealkylation sites (tertiary alicyclic amines) is 2. The summed E-state index contributed by atoms with van der Waals surface area (Å²) in [6, 6.07) is 9.24. The molecule has 1 aromatic rings. The van der Waals surface area contributed by atoms with E-state index >= 15 is 0 Å². The zero-order chi connectivity index (χ0) is 17.8. The Hall–Kier alpha value is -1.55. The lowest BCUT2D eigenvalue weighted by Crippen LogP contribution is -2.52. The summed E-state index contributed by atoms with van der Waals surface area (Å²) in [7, 11) is 0. The van der Waals surface area contributed by atoms with E-state index in [2.05, 4.69) is 55.3 Å². The Kier molecular flexibility index (Phi) is 6.00. The molecule has 2 heterocycles. The Labute approximate surface area is 152 Å². The van der Waals surface area contributed by atoms with E-state index in [-0.39, 0.29) is 6.03 Å². The van der Waals surface area contributed by atoms with E-state index in [1.165, 1.54) is 17.5 Å². The van der Waals surface area contributed by atoms with Crippen molar-refractivity contribution in [3.05, 3.63) is 35.4 Å². The molecule has 2 aliphatic heterocycles. The molecular weight excluding hydrogens is 310 g/mol. The minimum Gasteiger partial charge on any atom is -0.335 e. The Morgan fingerprint density at radius 2 is 1.84 bits per heavy atom. The van der Waals surface area contributed by atoms with E-state index in [1.54, 1.807) is 0 Å². The summed E-state index contributed by atoms with van der Waals surface area (Å²) < 4.78 is 0. The van der Waals surface area contributed by atoms with Gasteiger partial charge in [-0.15, -0.1) is 0 Å². The fraction of sp³-hybridized carbons (Fsp3) is 0.667. The van der Waals surface area contributed by atoms with Crippen molar-refractivity contribution >= 4 is 6.03 Å². The van der Waals surface area contributed by atoms with Gasteiger partial charge in [-0.3, -0.25) is 4.90 Å². The lowest BCUT2D eigenvalue weighted by molar-refractivity contribution is 0.135. The topological polar surface area (TPSA) is 35.6 Å². The first-order valence-corrected chi connectivity index (χ1v) is 9.83. The van der Waals surface area contributed by atoms with Gasteiger partial charge in [-0.2, -0.15) is 0 Å². The third-order valence-electron chi connectivity index (χ3n) is 5.56. The lowest BCUT2D eigenvalue weighted by atomic mass is 9.92. The summed E-state index contributed by atoms with van der Waals surface area (Å²) in [5.74, 6) is 1.23. The summed E-state index contributed by atoms with van der Waals surface area (Å²) in [6.07, 6.45) is 3.34. The average Bonchev–Trinajstić information content (AvgIpc) is 2.56. The molecule has 2 atom stereocenters. The lowest BCUT2D eigenvalue weighted by Gasteiger charge is -2.37. The van der Waals surface area contributed by atoms with Gasteiger partial charge in [0.1, 0.15) is 0 Å². The van der Waals surface area contributed by atoms with Gasteiger partial charge in [0.25, 0.3) is 0 Å². The largest absolute Gasteiger partial charge is 0.335 e. The number of carbonyl (C=O) groups is 1. The molecule has 4 nitrogen and oxygen atoms in total. The van der Waals surface area contributed by atoms with Gasteiger partial charge in [0, 0.05) is 38.8 Å². The monoisotopic (exact) mass is 343 g/mol. The molecule has 3 rings (SSSR count). The molecule has 0 saturated carbocycles. The molecular formula is C21H33N3O. The van der Waals surface area contributed by atoms with Crippen molar-refractivity contribution in [3.8, 4) is 0 Å². The maximum Gasteiger partial charge on any atom is 0.317 e. The Bertz CT molecular complexity index is 570. The van der Waals surface area contributed by atoms with Crippen molar-refractivity contribution in [1.82, 2.24) is 15.1 Å². The van der Waals surface area contributed by atoms with Crippen LogP contribution >= 0.6 is 0 Å². The van der Waals surface area contributed by atoms with Crippen LogP contribution in [0.15, 0.2) is 24.3 Å². The zero-order valence-corrected chi connectivity index (χ0v) is 16.0. The number of nitrogens with one attached hydrogen (secondary N) is 1. The number of aryl methyl sites for hydroxylation is 1. The minimum atomic E-state index is 0.149. The molecule has 0 radical (unpaired) electrons. The van der Waals surface area contributed by atoms with Gasteiger partial charge in [0.2, 0.25) is 0 Å². The van der Waals surface area contributed by atoms with Crippen molar-refractivity contribution in [2.75, 3.05) is 26.2 Å². The standard InChI is InChI=1S/C21H33N3O/c1-16-5-4-6-19(12-16)15-23-9-7-20(8-10-23)22-21(25)24-13-17(2)11-18(3)14-24/h4-6,12,17-18,20H,7-11,13-15H2,1-3H3,(H,22,25)/t17-,18-/m1/s1. The fourth-order valence-corrected chi connectivity index (χ4v) is 4.40. The van der Waals surface area contributed by atoms with Gasteiger partial charge in [-0.1, -0.05) is 43.7 Å². The smallest absolute Gasteiger partial charge is 0.317 e. The van der Waals surface area contributed by atoms with Gasteiger partial charge in [0.05, 0.1) is 0 Å². The first-order chi connectivity index (χ1) is 12.0. The molecule has 25 heavy (non-hydrogen) atoms. The van der Waals surface area contributed by atoms with Crippen LogP contribution in [-0.2, 0) is 6.54 Å². The maximum absolute atomic E-state index is 12.6. The van der Waals surface area contributed by atoms with Crippen LogP contribution < -0.4 is 5.32 Å². The average molecular weight is 344 g/mol. The van der Waals surface area contributed by atoms with Crippen LogP contribution in [0.25, 0.3) is 0 Å². The predicted molar refractivity (Wildman–Crippen MR) is 103 cm³/mol. The second-order valence-corrected chi connectivity index (χ2v) is 8.34. The predicted octanol–water partition coefficient (Wildman–Crippen LogP) is 3.65. The number of piperidine rings is 2. The van der Waals surface area contributed by atoms with E-state index in [9.17, 15) is 4.79 Å². The zero-order valence-electron chi connectivity index (χ0n) is 16.0. The van der Waals surface area contributed by atoms with Gasteiger partial charge in [-0.25, -0.2) is 4.79 Å². The first-order valence-electron chi connectivity index (χ1n) is 9.83. The van der Waals surface area contributed by atoms with Crippen molar-refractivity contribution in [1.29, 1.82) is 0 Å². The highest BCUT2D eigenvalue weighted by molar-refractivity contribution is 5.74. The van der Waals surface area contributed by atoms with E-state index in [1.807, 2.05) is 4.90 Å². The van der Waals surface area contributed by atoms with E-state index in [0.717, 1.165) is 45.6 Å². The number of hydrogen-bond acceptors (Lipinski definition) is 2. The molecule has 2 aliphatic rings. The normalized spacial score (nSPS) is 25.8. The number of amides is 2. The number of nitrogens with zero attached hydrogens (tertiary/aromatic N) is 2. The molecule has 138 valence electrons. The van der Waals surface area contributed by atoms with Gasteiger partial charge in [-0.05, 0) is 43.6 Å². The maximum atomic E-state index is 12.6. The molecule has 1 N–H and O–H groups in total. The molecule has 0 aromatic heterocycles. The van der Waals surface area contributed by atoms with Crippen LogP contribution in [-0.4, -0.2) is 48.1 Å². The quantitative estimate of drug-likeness (QED) is 0.909. The number of urea groups is 1. The van der Waals surface area contributed by atoms with Crippen LogP contribution in [0.5, 0.6) is 0 Å². The Morgan fingerprint density at radius 1 is 1.16 bits per heavy atom. The number of benzene rings is 1.